The van der Waals surface area contributed by atoms with Gasteiger partial charge < -0.3 is 5.73 Å². The topological polar surface area (TPSA) is 42.1 Å². The summed E-state index contributed by atoms with van der Waals surface area (Å²) in [5, 5.41) is 2.43. The molecule has 0 aliphatic rings. The average Bonchev–Trinajstić information content (AvgIpc) is 2.47. The largest absolute Gasteiger partial charge is 0.329 e. The van der Waals surface area contributed by atoms with Crippen LogP contribution in [0.3, 0.4) is 0 Å². The summed E-state index contributed by atoms with van der Waals surface area (Å²) in [6, 6.07) is 9.05. The summed E-state index contributed by atoms with van der Waals surface area (Å²) in [6.07, 6.45) is 3.88. The van der Waals surface area contributed by atoms with E-state index in [9.17, 15) is 0 Å². The highest BCUT2D eigenvalue weighted by molar-refractivity contribution is 5.85. The number of likely N-dealkylation sites (N-methyl/N-ethyl adjacent to an activating group) is 1. The number of rotatable bonds is 5. The second-order valence-corrected chi connectivity index (χ2v) is 5.85. The van der Waals surface area contributed by atoms with Crippen LogP contribution in [0.2, 0.25) is 0 Å². The Morgan fingerprint density at radius 1 is 1.15 bits per heavy atom. The molecule has 0 amide bonds. The van der Waals surface area contributed by atoms with E-state index in [1.165, 1.54) is 16.3 Å². The van der Waals surface area contributed by atoms with E-state index >= 15 is 0 Å². The Labute approximate surface area is 121 Å². The van der Waals surface area contributed by atoms with Crippen molar-refractivity contribution in [2.24, 2.45) is 11.7 Å². The zero-order chi connectivity index (χ0) is 14.7. The van der Waals surface area contributed by atoms with Crippen molar-refractivity contribution < 1.29 is 0 Å². The summed E-state index contributed by atoms with van der Waals surface area (Å²) >= 11 is 0. The fourth-order valence-corrected chi connectivity index (χ4v) is 2.67. The highest BCUT2D eigenvalue weighted by atomic mass is 15.2. The SMILES string of the molecule is CC(C)C(C)N(C)C(CN)c1cncc2ccccc12. The van der Waals surface area contributed by atoms with Crippen LogP contribution in [-0.4, -0.2) is 29.5 Å². The van der Waals surface area contributed by atoms with Crippen molar-refractivity contribution in [1.82, 2.24) is 9.88 Å². The maximum atomic E-state index is 6.07. The fourth-order valence-electron chi connectivity index (χ4n) is 2.67. The predicted molar refractivity (Wildman–Crippen MR) is 85.6 cm³/mol. The van der Waals surface area contributed by atoms with E-state index in [2.05, 4.69) is 55.9 Å². The molecule has 108 valence electrons. The van der Waals surface area contributed by atoms with E-state index in [1.807, 2.05) is 18.5 Å². The Bertz CT molecular complexity index is 560. The second-order valence-electron chi connectivity index (χ2n) is 5.85. The standard InChI is InChI=1S/C17H25N3/c1-12(2)13(3)20(4)17(9-18)16-11-19-10-14-7-5-6-8-15(14)16/h5-8,10-13,17H,9,18H2,1-4H3. The lowest BCUT2D eigenvalue weighted by Gasteiger charge is -2.35. The van der Waals surface area contributed by atoms with E-state index in [4.69, 9.17) is 5.73 Å². The maximum Gasteiger partial charge on any atom is 0.0491 e. The van der Waals surface area contributed by atoms with Gasteiger partial charge in [0.15, 0.2) is 0 Å². The molecule has 1 aromatic heterocycles. The van der Waals surface area contributed by atoms with Gasteiger partial charge in [0.1, 0.15) is 0 Å². The summed E-state index contributed by atoms with van der Waals surface area (Å²) in [5.41, 5.74) is 7.29. The molecule has 2 atom stereocenters. The van der Waals surface area contributed by atoms with Gasteiger partial charge in [-0.2, -0.15) is 0 Å². The number of nitrogens with two attached hydrogens (primary N) is 1. The molecular formula is C17H25N3. The third kappa shape index (κ3) is 2.84. The van der Waals surface area contributed by atoms with Gasteiger partial charge in [-0.3, -0.25) is 9.88 Å². The van der Waals surface area contributed by atoms with Crippen LogP contribution in [-0.2, 0) is 0 Å². The number of fused-ring (bicyclic) bond motifs is 1. The first kappa shape index (κ1) is 14.9. The summed E-state index contributed by atoms with van der Waals surface area (Å²) in [7, 11) is 2.16. The van der Waals surface area contributed by atoms with E-state index in [0.717, 1.165) is 0 Å². The number of hydrogen-bond donors (Lipinski definition) is 1. The van der Waals surface area contributed by atoms with Crippen molar-refractivity contribution in [3.05, 3.63) is 42.2 Å². The minimum atomic E-state index is 0.200. The molecule has 0 fully saturated rings. The minimum Gasteiger partial charge on any atom is -0.329 e. The van der Waals surface area contributed by atoms with Crippen LogP contribution in [0.25, 0.3) is 10.8 Å². The second kappa shape index (κ2) is 6.33. The first-order valence-electron chi connectivity index (χ1n) is 7.31. The lowest BCUT2D eigenvalue weighted by molar-refractivity contribution is 0.152. The Morgan fingerprint density at radius 2 is 1.85 bits per heavy atom. The smallest absolute Gasteiger partial charge is 0.0491 e. The highest BCUT2D eigenvalue weighted by Gasteiger charge is 2.23. The Morgan fingerprint density at radius 3 is 2.50 bits per heavy atom. The molecule has 0 saturated carbocycles. The summed E-state index contributed by atoms with van der Waals surface area (Å²) in [6.45, 7) is 7.35. The van der Waals surface area contributed by atoms with E-state index in [1.54, 1.807) is 0 Å². The summed E-state index contributed by atoms with van der Waals surface area (Å²) < 4.78 is 0. The van der Waals surface area contributed by atoms with E-state index in [-0.39, 0.29) is 6.04 Å². The van der Waals surface area contributed by atoms with Crippen molar-refractivity contribution in [3.63, 3.8) is 0 Å². The Hall–Kier alpha value is -1.45. The Balaban J connectivity index is 2.44. The minimum absolute atomic E-state index is 0.200. The van der Waals surface area contributed by atoms with Gasteiger partial charge in [-0.25, -0.2) is 0 Å². The molecule has 20 heavy (non-hydrogen) atoms. The van der Waals surface area contributed by atoms with Gasteiger partial charge in [0.05, 0.1) is 0 Å². The fraction of sp³-hybridized carbons (Fsp3) is 0.471. The van der Waals surface area contributed by atoms with Crippen LogP contribution in [0.1, 0.15) is 32.4 Å². The molecule has 0 aliphatic carbocycles. The van der Waals surface area contributed by atoms with Crippen molar-refractivity contribution in [1.29, 1.82) is 0 Å². The highest BCUT2D eigenvalue weighted by Crippen LogP contribution is 2.28. The quantitative estimate of drug-likeness (QED) is 0.908. The molecule has 1 aromatic carbocycles. The van der Waals surface area contributed by atoms with Gasteiger partial charge in [-0.15, -0.1) is 0 Å². The molecule has 0 bridgehead atoms. The monoisotopic (exact) mass is 271 g/mol. The van der Waals surface area contributed by atoms with Gasteiger partial charge in [-0.05, 0) is 30.8 Å². The Kier molecular flexibility index (Phi) is 4.73. The average molecular weight is 271 g/mol. The number of pyridine rings is 1. The third-order valence-corrected chi connectivity index (χ3v) is 4.38. The van der Waals surface area contributed by atoms with Crippen molar-refractivity contribution >= 4 is 10.8 Å². The molecule has 3 nitrogen and oxygen atoms in total. The van der Waals surface area contributed by atoms with Crippen LogP contribution in [0, 0.1) is 5.92 Å². The molecular weight excluding hydrogens is 246 g/mol. The molecule has 2 N–H and O–H groups in total. The zero-order valence-corrected chi connectivity index (χ0v) is 12.9. The van der Waals surface area contributed by atoms with Crippen LogP contribution >= 0.6 is 0 Å². The zero-order valence-electron chi connectivity index (χ0n) is 12.9. The van der Waals surface area contributed by atoms with Crippen LogP contribution in [0.4, 0.5) is 0 Å². The van der Waals surface area contributed by atoms with Crippen LogP contribution in [0.15, 0.2) is 36.7 Å². The van der Waals surface area contributed by atoms with Gasteiger partial charge in [0.25, 0.3) is 0 Å². The van der Waals surface area contributed by atoms with Gasteiger partial charge in [0, 0.05) is 36.4 Å². The molecule has 0 radical (unpaired) electrons. The summed E-state index contributed by atoms with van der Waals surface area (Å²) in [4.78, 5) is 6.76. The molecule has 2 aromatic rings. The molecule has 0 aliphatic heterocycles. The van der Waals surface area contributed by atoms with Crippen molar-refractivity contribution in [3.8, 4) is 0 Å². The first-order chi connectivity index (χ1) is 9.56. The third-order valence-electron chi connectivity index (χ3n) is 4.38. The molecule has 0 spiro atoms. The molecule has 0 saturated heterocycles. The van der Waals surface area contributed by atoms with E-state index in [0.29, 0.717) is 18.5 Å². The number of benzene rings is 1. The van der Waals surface area contributed by atoms with E-state index < -0.39 is 0 Å². The van der Waals surface area contributed by atoms with Crippen LogP contribution in [0.5, 0.6) is 0 Å². The van der Waals surface area contributed by atoms with Crippen LogP contribution < -0.4 is 5.73 Å². The molecule has 2 unspecified atom stereocenters. The molecule has 2 rings (SSSR count). The predicted octanol–water partition coefficient (Wildman–Crippen LogP) is 3.21. The normalized spacial score (nSPS) is 14.9. The van der Waals surface area contributed by atoms with Gasteiger partial charge >= 0.3 is 0 Å². The molecule has 1 heterocycles. The van der Waals surface area contributed by atoms with Crippen molar-refractivity contribution in [2.45, 2.75) is 32.9 Å². The first-order valence-corrected chi connectivity index (χ1v) is 7.31. The summed E-state index contributed by atoms with van der Waals surface area (Å²) in [5.74, 6) is 0.594. The van der Waals surface area contributed by atoms with Gasteiger partial charge in [0.2, 0.25) is 0 Å². The maximum absolute atomic E-state index is 6.07. The number of aromatic nitrogens is 1. The molecule has 3 heteroatoms. The lowest BCUT2D eigenvalue weighted by Crippen LogP contribution is -2.39. The van der Waals surface area contributed by atoms with Gasteiger partial charge in [-0.1, -0.05) is 38.1 Å². The number of nitrogens with zero attached hydrogens (tertiary/aromatic N) is 2. The van der Waals surface area contributed by atoms with Crippen molar-refractivity contribution in [2.75, 3.05) is 13.6 Å². The number of hydrogen-bond acceptors (Lipinski definition) is 3. The lowest BCUT2D eigenvalue weighted by atomic mass is 9.97.